The van der Waals surface area contributed by atoms with Crippen molar-refractivity contribution in [3.63, 3.8) is 0 Å². The molecular weight excluding hydrogens is 376 g/mol. The van der Waals surface area contributed by atoms with Gasteiger partial charge in [-0.2, -0.15) is 0 Å². The predicted octanol–water partition coefficient (Wildman–Crippen LogP) is 2.82. The highest BCUT2D eigenvalue weighted by Gasteiger charge is 2.18. The van der Waals surface area contributed by atoms with E-state index in [4.69, 9.17) is 16.3 Å². The summed E-state index contributed by atoms with van der Waals surface area (Å²) >= 11 is 6.05. The van der Waals surface area contributed by atoms with E-state index in [1.807, 2.05) is 18.2 Å². The molecule has 6 nitrogen and oxygen atoms in total. The highest BCUT2D eigenvalue weighted by Crippen LogP contribution is 2.21. The molecule has 2 aromatic rings. The van der Waals surface area contributed by atoms with Crippen LogP contribution in [0.15, 0.2) is 48.5 Å². The van der Waals surface area contributed by atoms with Gasteiger partial charge in [-0.1, -0.05) is 29.8 Å². The molecule has 1 N–H and O–H groups in total. The minimum Gasteiger partial charge on any atom is -0.497 e. The van der Waals surface area contributed by atoms with Gasteiger partial charge in [-0.15, -0.1) is 0 Å². The standard InChI is InChI=1S/C18H21ClN2O4S/c1-25-16-9-7-15(8-10-16)21(26(2,23)24)12-11-18(22)20-13-14-5-3-4-6-17(14)19/h3-10H,11-13H2,1-2H3,(H,20,22). The van der Waals surface area contributed by atoms with Crippen LogP contribution >= 0.6 is 11.6 Å². The van der Waals surface area contributed by atoms with Crippen LogP contribution in [0.25, 0.3) is 0 Å². The fourth-order valence-electron chi connectivity index (χ4n) is 2.36. The van der Waals surface area contributed by atoms with Gasteiger partial charge in [0, 0.05) is 24.5 Å². The van der Waals surface area contributed by atoms with Gasteiger partial charge >= 0.3 is 0 Å². The van der Waals surface area contributed by atoms with Crippen LogP contribution in [0.5, 0.6) is 5.75 Å². The number of nitrogens with zero attached hydrogens (tertiary/aromatic N) is 1. The Hall–Kier alpha value is -2.25. The Labute approximate surface area is 158 Å². The van der Waals surface area contributed by atoms with Crippen molar-refractivity contribution in [1.29, 1.82) is 0 Å². The molecule has 8 heteroatoms. The molecule has 0 aliphatic carbocycles. The monoisotopic (exact) mass is 396 g/mol. The number of nitrogens with one attached hydrogen (secondary N) is 1. The Morgan fingerprint density at radius 2 is 1.81 bits per heavy atom. The van der Waals surface area contributed by atoms with Crippen molar-refractivity contribution in [1.82, 2.24) is 5.32 Å². The summed E-state index contributed by atoms with van der Waals surface area (Å²) in [5.74, 6) is 0.367. The lowest BCUT2D eigenvalue weighted by molar-refractivity contribution is -0.121. The molecule has 0 radical (unpaired) electrons. The van der Waals surface area contributed by atoms with Gasteiger partial charge in [0.15, 0.2) is 0 Å². The molecule has 0 heterocycles. The summed E-state index contributed by atoms with van der Waals surface area (Å²) in [6.45, 7) is 0.333. The lowest BCUT2D eigenvalue weighted by atomic mass is 10.2. The Kier molecular flexibility index (Phi) is 6.88. The van der Waals surface area contributed by atoms with Gasteiger partial charge in [-0.25, -0.2) is 8.42 Å². The van der Waals surface area contributed by atoms with E-state index in [-0.39, 0.29) is 18.9 Å². The maximum Gasteiger partial charge on any atom is 0.232 e. The zero-order valence-electron chi connectivity index (χ0n) is 14.6. The van der Waals surface area contributed by atoms with Gasteiger partial charge in [0.1, 0.15) is 5.75 Å². The molecule has 0 spiro atoms. The molecule has 0 saturated heterocycles. The summed E-state index contributed by atoms with van der Waals surface area (Å²) in [4.78, 5) is 12.1. The quantitative estimate of drug-likeness (QED) is 0.744. The second-order valence-electron chi connectivity index (χ2n) is 5.65. The molecule has 1 amide bonds. The van der Waals surface area contributed by atoms with Crippen LogP contribution in [0.1, 0.15) is 12.0 Å². The average molecular weight is 397 g/mol. The number of anilines is 1. The molecule has 0 unspecified atom stereocenters. The summed E-state index contributed by atoms with van der Waals surface area (Å²) in [5.41, 5.74) is 1.28. The van der Waals surface area contributed by atoms with E-state index in [0.29, 0.717) is 23.0 Å². The summed E-state index contributed by atoms with van der Waals surface area (Å²) in [7, 11) is -1.98. The third kappa shape index (κ3) is 5.64. The van der Waals surface area contributed by atoms with Crippen LogP contribution in [-0.4, -0.2) is 34.2 Å². The number of methoxy groups -OCH3 is 1. The largest absolute Gasteiger partial charge is 0.497 e. The van der Waals surface area contributed by atoms with E-state index in [9.17, 15) is 13.2 Å². The first kappa shape index (κ1) is 20.1. The Morgan fingerprint density at radius 1 is 1.15 bits per heavy atom. The summed E-state index contributed by atoms with van der Waals surface area (Å²) in [6, 6.07) is 13.8. The molecule has 0 fully saturated rings. The van der Waals surface area contributed by atoms with Gasteiger partial charge in [0.05, 0.1) is 19.1 Å². The third-order valence-corrected chi connectivity index (χ3v) is 5.30. The molecule has 140 valence electrons. The van der Waals surface area contributed by atoms with E-state index in [0.717, 1.165) is 11.8 Å². The molecule has 0 aliphatic rings. The van der Waals surface area contributed by atoms with Gasteiger partial charge in [-0.3, -0.25) is 9.10 Å². The number of hydrogen-bond acceptors (Lipinski definition) is 4. The molecule has 2 rings (SSSR count). The van der Waals surface area contributed by atoms with Crippen LogP contribution in [0.3, 0.4) is 0 Å². The first-order chi connectivity index (χ1) is 12.3. The Bertz CT molecular complexity index is 854. The first-order valence-corrected chi connectivity index (χ1v) is 10.2. The van der Waals surface area contributed by atoms with E-state index in [1.165, 1.54) is 11.4 Å². The van der Waals surface area contributed by atoms with Gasteiger partial charge in [0.2, 0.25) is 15.9 Å². The molecule has 26 heavy (non-hydrogen) atoms. The minimum absolute atomic E-state index is 0.0313. The molecule has 0 saturated carbocycles. The molecular formula is C18H21ClN2O4S. The second kappa shape index (κ2) is 8.91. The number of hydrogen-bond donors (Lipinski definition) is 1. The number of carbonyl (C=O) groups excluding carboxylic acids is 1. The van der Waals surface area contributed by atoms with Gasteiger partial charge in [0.25, 0.3) is 0 Å². The van der Waals surface area contributed by atoms with E-state index >= 15 is 0 Å². The van der Waals surface area contributed by atoms with Gasteiger partial charge < -0.3 is 10.1 Å². The van der Waals surface area contributed by atoms with Crippen molar-refractivity contribution in [2.45, 2.75) is 13.0 Å². The SMILES string of the molecule is COc1ccc(N(CCC(=O)NCc2ccccc2Cl)S(C)(=O)=O)cc1. The molecule has 2 aromatic carbocycles. The van der Waals surface area contributed by atoms with E-state index in [1.54, 1.807) is 30.3 Å². The third-order valence-electron chi connectivity index (χ3n) is 3.74. The number of carbonyl (C=O) groups is 1. The minimum atomic E-state index is -3.52. The number of ether oxygens (including phenoxy) is 1. The number of amides is 1. The molecule has 0 aromatic heterocycles. The number of rotatable bonds is 8. The highest BCUT2D eigenvalue weighted by atomic mass is 35.5. The smallest absolute Gasteiger partial charge is 0.232 e. The van der Waals surface area contributed by atoms with E-state index < -0.39 is 10.0 Å². The van der Waals surface area contributed by atoms with Crippen LogP contribution in [-0.2, 0) is 21.4 Å². The average Bonchev–Trinajstić information content (AvgIpc) is 2.60. The zero-order valence-corrected chi connectivity index (χ0v) is 16.2. The van der Waals surface area contributed by atoms with Crippen molar-refractivity contribution >= 4 is 33.2 Å². The summed E-state index contributed by atoms with van der Waals surface area (Å²) < 4.78 is 30.4. The maximum atomic E-state index is 12.1. The van der Waals surface area contributed by atoms with Crippen LogP contribution < -0.4 is 14.4 Å². The number of sulfonamides is 1. The highest BCUT2D eigenvalue weighted by molar-refractivity contribution is 7.92. The first-order valence-electron chi connectivity index (χ1n) is 7.93. The van der Waals surface area contributed by atoms with Crippen molar-refractivity contribution in [2.24, 2.45) is 0 Å². The van der Waals surface area contributed by atoms with Crippen molar-refractivity contribution in [3.8, 4) is 5.75 Å². The Morgan fingerprint density at radius 3 is 2.38 bits per heavy atom. The fourth-order valence-corrected chi connectivity index (χ4v) is 3.49. The van der Waals surface area contributed by atoms with Crippen molar-refractivity contribution in [3.05, 3.63) is 59.1 Å². The van der Waals surface area contributed by atoms with E-state index in [2.05, 4.69) is 5.32 Å². The number of benzene rings is 2. The van der Waals surface area contributed by atoms with Crippen LogP contribution in [0, 0.1) is 0 Å². The van der Waals surface area contributed by atoms with Crippen LogP contribution in [0.4, 0.5) is 5.69 Å². The van der Waals surface area contributed by atoms with Crippen molar-refractivity contribution < 1.29 is 17.9 Å². The summed E-state index contributed by atoms with van der Waals surface area (Å²) in [6.07, 6.45) is 1.14. The Balaban J connectivity index is 1.98. The number of halogens is 1. The zero-order chi connectivity index (χ0) is 19.2. The fraction of sp³-hybridized carbons (Fsp3) is 0.278. The topological polar surface area (TPSA) is 75.7 Å². The van der Waals surface area contributed by atoms with Crippen molar-refractivity contribution in [2.75, 3.05) is 24.2 Å². The van der Waals surface area contributed by atoms with Crippen LogP contribution in [0.2, 0.25) is 5.02 Å². The lowest BCUT2D eigenvalue weighted by Crippen LogP contribution is -2.34. The normalized spacial score (nSPS) is 11.0. The summed E-state index contributed by atoms with van der Waals surface area (Å²) in [5, 5.41) is 3.32. The molecule has 0 bridgehead atoms. The predicted molar refractivity (Wildman–Crippen MR) is 103 cm³/mol. The molecule has 0 atom stereocenters. The lowest BCUT2D eigenvalue weighted by Gasteiger charge is -2.22. The van der Waals surface area contributed by atoms with Gasteiger partial charge in [-0.05, 0) is 35.9 Å². The molecule has 0 aliphatic heterocycles. The maximum absolute atomic E-state index is 12.1. The second-order valence-corrected chi connectivity index (χ2v) is 7.97.